The van der Waals surface area contributed by atoms with Gasteiger partial charge in [0.2, 0.25) is 27.7 Å². The molecule has 15 nitrogen and oxygen atoms in total. The lowest BCUT2D eigenvalue weighted by Gasteiger charge is -2.30. The molecule has 0 radical (unpaired) electrons. The first-order valence-electron chi connectivity index (χ1n) is 20.9. The zero-order valence-electron chi connectivity index (χ0n) is 32.8. The van der Waals surface area contributed by atoms with Crippen molar-refractivity contribution >= 4 is 50.4 Å². The SMILES string of the molecule is O=C(N[C@H]1CCCCC/C=C\C2C[C@@]2(C(=O)NS(=O)(=O)C2CC2)NC(=O)[C@@H]2C[C@@H](Oc3cc(-c4ccccc4)nc4c5ccccc5nn34)CN2C1=O)OC1CCCC1. The van der Waals surface area contributed by atoms with Crippen LogP contribution in [0.3, 0.4) is 0 Å². The third kappa shape index (κ3) is 8.10. The van der Waals surface area contributed by atoms with Gasteiger partial charge in [0.15, 0.2) is 5.65 Å². The quantitative estimate of drug-likeness (QED) is 0.205. The van der Waals surface area contributed by atoms with Crippen molar-refractivity contribution in [3.8, 4) is 17.1 Å². The number of amides is 4. The van der Waals surface area contributed by atoms with Gasteiger partial charge < -0.3 is 25.0 Å². The van der Waals surface area contributed by atoms with Gasteiger partial charge in [-0.05, 0) is 76.3 Å². The van der Waals surface area contributed by atoms with Gasteiger partial charge in [-0.25, -0.2) is 18.2 Å². The second-order valence-corrected chi connectivity index (χ2v) is 18.6. The van der Waals surface area contributed by atoms with Gasteiger partial charge in [-0.3, -0.25) is 19.1 Å². The first-order chi connectivity index (χ1) is 28.6. The van der Waals surface area contributed by atoms with E-state index in [1.807, 2.05) is 66.7 Å². The van der Waals surface area contributed by atoms with Gasteiger partial charge >= 0.3 is 6.09 Å². The normalized spacial score (nSPS) is 27.2. The van der Waals surface area contributed by atoms with E-state index in [4.69, 9.17) is 19.6 Å². The molecule has 3 aliphatic carbocycles. The van der Waals surface area contributed by atoms with Gasteiger partial charge in [0, 0.05) is 29.4 Å². The number of hydrogen-bond donors (Lipinski definition) is 3. The van der Waals surface area contributed by atoms with Crippen LogP contribution in [-0.2, 0) is 29.1 Å². The van der Waals surface area contributed by atoms with Crippen LogP contribution in [0.25, 0.3) is 27.8 Å². The van der Waals surface area contributed by atoms with Crippen molar-refractivity contribution in [2.45, 2.75) is 119 Å². The number of carbonyl (C=O) groups excluding carboxylic acids is 4. The Morgan fingerprint density at radius 1 is 0.898 bits per heavy atom. The lowest BCUT2D eigenvalue weighted by atomic mass is 10.0. The molecular formula is C43H49N7O8S. The van der Waals surface area contributed by atoms with E-state index in [0.717, 1.165) is 49.5 Å². The summed E-state index contributed by atoms with van der Waals surface area (Å²) in [7, 11) is -3.90. The first kappa shape index (κ1) is 39.0. The number of ether oxygens (including phenoxy) is 2. The lowest BCUT2D eigenvalue weighted by molar-refractivity contribution is -0.141. The molecule has 4 aromatic rings. The van der Waals surface area contributed by atoms with Crippen molar-refractivity contribution in [3.05, 3.63) is 72.8 Å². The molecule has 2 aromatic heterocycles. The fraction of sp³-hybridized carbons (Fsp3) is 0.488. The molecule has 9 rings (SSSR count). The molecular weight excluding hydrogens is 775 g/mol. The molecule has 1 saturated heterocycles. The predicted octanol–water partition coefficient (Wildman–Crippen LogP) is 4.94. The van der Waals surface area contributed by atoms with Crippen molar-refractivity contribution < 1.29 is 37.1 Å². The highest BCUT2D eigenvalue weighted by atomic mass is 32.2. The summed E-state index contributed by atoms with van der Waals surface area (Å²) in [6, 6.07) is 17.0. The van der Waals surface area contributed by atoms with E-state index in [1.54, 1.807) is 10.6 Å². The Morgan fingerprint density at radius 2 is 1.66 bits per heavy atom. The van der Waals surface area contributed by atoms with Crippen LogP contribution in [0.1, 0.15) is 83.5 Å². The standard InChI is InChI=1S/C43H49N7O8S/c51-39-36-23-30(57-37-24-35(27-13-5-4-6-14-27)44-38-32-18-11-12-19-33(32)47-50(37)38)26-49(36)40(52)34(45-42(54)58-29-16-9-10-17-29)20-8-3-1-2-7-15-28-25-43(28,46-39)41(53)48-59(55,56)31-21-22-31/h4-7,11-15,18-19,24,28-31,34,36H,1-3,8-10,16-17,20-23,25-26H2,(H,45,54)(H,46,51)(H,48,53)/b15-7-/t28?,30-,34+,36+,43-/m1/s1. The summed E-state index contributed by atoms with van der Waals surface area (Å²) in [5.74, 6) is -1.94. The molecule has 310 valence electrons. The predicted molar refractivity (Wildman–Crippen MR) is 217 cm³/mol. The summed E-state index contributed by atoms with van der Waals surface area (Å²) in [6.07, 6.45) is 10.2. The maximum Gasteiger partial charge on any atom is 0.408 e. The summed E-state index contributed by atoms with van der Waals surface area (Å²) in [6.45, 7) is -0.0172. The van der Waals surface area contributed by atoms with Crippen LogP contribution < -0.4 is 20.1 Å². The summed E-state index contributed by atoms with van der Waals surface area (Å²) >= 11 is 0. The molecule has 2 aliphatic heterocycles. The third-order valence-electron chi connectivity index (χ3n) is 12.3. The average molecular weight is 824 g/mol. The number of benzene rings is 2. The second kappa shape index (κ2) is 15.9. The number of allylic oxidation sites excluding steroid dienone is 1. The smallest absolute Gasteiger partial charge is 0.408 e. The highest BCUT2D eigenvalue weighted by molar-refractivity contribution is 7.91. The molecule has 3 saturated carbocycles. The molecule has 3 N–H and O–H groups in total. The van der Waals surface area contributed by atoms with E-state index in [-0.39, 0.29) is 25.5 Å². The van der Waals surface area contributed by atoms with Gasteiger partial charge in [-0.15, -0.1) is 0 Å². The highest BCUT2D eigenvalue weighted by Gasteiger charge is 2.62. The monoisotopic (exact) mass is 823 g/mol. The van der Waals surface area contributed by atoms with Crippen LogP contribution in [0.15, 0.2) is 72.8 Å². The molecule has 5 atom stereocenters. The van der Waals surface area contributed by atoms with Crippen LogP contribution in [-0.4, -0.2) is 93.4 Å². The second-order valence-electron chi connectivity index (χ2n) is 16.6. The Morgan fingerprint density at radius 3 is 2.46 bits per heavy atom. The zero-order chi connectivity index (χ0) is 40.7. The van der Waals surface area contributed by atoms with E-state index < -0.39 is 68.7 Å². The van der Waals surface area contributed by atoms with E-state index in [0.29, 0.717) is 54.8 Å². The Bertz CT molecular complexity index is 2410. The molecule has 0 bridgehead atoms. The Hall–Kier alpha value is -5.51. The van der Waals surface area contributed by atoms with E-state index in [9.17, 15) is 27.6 Å². The third-order valence-corrected chi connectivity index (χ3v) is 14.1. The fourth-order valence-corrected chi connectivity index (χ4v) is 10.2. The Labute approximate surface area is 342 Å². The summed E-state index contributed by atoms with van der Waals surface area (Å²) < 4.78 is 42.2. The maximum absolute atomic E-state index is 14.7. The summed E-state index contributed by atoms with van der Waals surface area (Å²) in [4.78, 5) is 62.8. The molecule has 4 fully saturated rings. The van der Waals surface area contributed by atoms with Crippen LogP contribution in [0, 0.1) is 5.92 Å². The number of aromatic nitrogens is 3. The molecule has 0 spiro atoms. The average Bonchev–Trinajstić information content (AvgIpc) is 4.04. The molecule has 5 aliphatic rings. The first-order valence-corrected chi connectivity index (χ1v) is 22.5. The zero-order valence-corrected chi connectivity index (χ0v) is 33.6. The Balaban J connectivity index is 1.05. The Kier molecular flexibility index (Phi) is 10.5. The summed E-state index contributed by atoms with van der Waals surface area (Å²) in [5, 5.41) is 10.7. The van der Waals surface area contributed by atoms with E-state index >= 15 is 0 Å². The largest absolute Gasteiger partial charge is 0.472 e. The lowest BCUT2D eigenvalue weighted by Crippen LogP contribution is -2.58. The number of fused-ring (bicyclic) bond motifs is 5. The minimum absolute atomic E-state index is 0.0172. The van der Waals surface area contributed by atoms with Crippen molar-refractivity contribution in [1.29, 1.82) is 0 Å². The molecule has 4 heterocycles. The molecule has 16 heteroatoms. The number of nitrogens with one attached hydrogen (secondary N) is 3. The number of carbonyl (C=O) groups is 4. The van der Waals surface area contributed by atoms with Crippen LogP contribution in [0.5, 0.6) is 5.88 Å². The van der Waals surface area contributed by atoms with E-state index in [1.165, 1.54) is 4.90 Å². The minimum Gasteiger partial charge on any atom is -0.472 e. The number of nitrogens with zero attached hydrogens (tertiary/aromatic N) is 4. The molecule has 2 aromatic carbocycles. The maximum atomic E-state index is 14.7. The van der Waals surface area contributed by atoms with Crippen molar-refractivity contribution in [1.82, 2.24) is 34.9 Å². The van der Waals surface area contributed by atoms with Crippen LogP contribution in [0.4, 0.5) is 4.79 Å². The van der Waals surface area contributed by atoms with Crippen molar-refractivity contribution in [2.24, 2.45) is 5.92 Å². The number of hydrogen-bond acceptors (Lipinski definition) is 10. The van der Waals surface area contributed by atoms with Gasteiger partial charge in [0.1, 0.15) is 29.8 Å². The highest BCUT2D eigenvalue weighted by Crippen LogP contribution is 2.46. The van der Waals surface area contributed by atoms with Gasteiger partial charge in [-0.2, -0.15) is 9.61 Å². The van der Waals surface area contributed by atoms with Gasteiger partial charge in [0.05, 0.1) is 23.0 Å². The van der Waals surface area contributed by atoms with Crippen LogP contribution >= 0.6 is 0 Å². The number of rotatable bonds is 8. The summed E-state index contributed by atoms with van der Waals surface area (Å²) in [5.41, 5.74) is 1.28. The minimum atomic E-state index is -3.90. The molecule has 59 heavy (non-hydrogen) atoms. The number of alkyl carbamates (subject to hydrolysis) is 1. The fourth-order valence-electron chi connectivity index (χ4n) is 8.80. The van der Waals surface area contributed by atoms with Gasteiger partial charge in [-0.1, -0.05) is 67.5 Å². The topological polar surface area (TPSA) is 190 Å². The molecule has 4 amide bonds. The number of sulfonamides is 1. The van der Waals surface area contributed by atoms with Crippen molar-refractivity contribution in [3.63, 3.8) is 0 Å². The van der Waals surface area contributed by atoms with Gasteiger partial charge in [0.25, 0.3) is 5.91 Å². The van der Waals surface area contributed by atoms with Crippen molar-refractivity contribution in [2.75, 3.05) is 6.54 Å². The molecule has 1 unspecified atom stereocenters. The van der Waals surface area contributed by atoms with Crippen LogP contribution in [0.2, 0.25) is 0 Å². The van der Waals surface area contributed by atoms with E-state index in [2.05, 4.69) is 15.4 Å².